The van der Waals surface area contributed by atoms with E-state index >= 15 is 0 Å². The highest BCUT2D eigenvalue weighted by molar-refractivity contribution is 7.79. The monoisotopic (exact) mass is 223 g/mol. The summed E-state index contributed by atoms with van der Waals surface area (Å²) < 4.78 is 0. The summed E-state index contributed by atoms with van der Waals surface area (Å²) in [6.07, 6.45) is 1.93. The van der Waals surface area contributed by atoms with Gasteiger partial charge in [-0.05, 0) is 24.0 Å². The fourth-order valence-corrected chi connectivity index (χ4v) is 1.84. The molecule has 3 N–H and O–H groups in total. The van der Waals surface area contributed by atoms with E-state index in [1.807, 2.05) is 0 Å². The molecule has 3 nitrogen and oxygen atoms in total. The molecule has 0 atom stereocenters. The topological polar surface area (TPSA) is 41.3 Å². The minimum Gasteiger partial charge on any atom is -0.260 e. The zero-order valence-corrected chi connectivity index (χ0v) is 9.97. The predicted molar refractivity (Wildman–Crippen MR) is 68.7 cm³/mol. The van der Waals surface area contributed by atoms with Crippen molar-refractivity contribution in [3.63, 3.8) is 0 Å². The van der Waals surface area contributed by atoms with Crippen LogP contribution in [0.5, 0.6) is 0 Å². The Hall–Kier alpha value is -0.970. The van der Waals surface area contributed by atoms with Crippen molar-refractivity contribution in [1.82, 2.24) is 5.53 Å². The summed E-state index contributed by atoms with van der Waals surface area (Å²) in [7, 11) is 0. The smallest absolute Gasteiger partial charge is 0.0859 e. The molecule has 15 heavy (non-hydrogen) atoms. The van der Waals surface area contributed by atoms with Gasteiger partial charge in [0.15, 0.2) is 0 Å². The van der Waals surface area contributed by atoms with Crippen molar-refractivity contribution >= 4 is 23.4 Å². The number of aryl methyl sites for hydroxylation is 2. The maximum atomic E-state index is 5.44. The molecule has 0 heterocycles. The van der Waals surface area contributed by atoms with Gasteiger partial charge in [-0.15, -0.1) is 0 Å². The normalized spacial score (nSPS) is 10.1. The summed E-state index contributed by atoms with van der Waals surface area (Å²) in [5, 5.41) is 1.69. The second-order valence-electron chi connectivity index (χ2n) is 3.24. The molecular weight excluding hydrogens is 206 g/mol. The van der Waals surface area contributed by atoms with Crippen LogP contribution in [0, 0.1) is 0 Å². The molecule has 0 aliphatic rings. The van der Waals surface area contributed by atoms with Crippen LogP contribution in [-0.2, 0) is 12.8 Å². The molecule has 1 rings (SSSR count). The quantitative estimate of drug-likeness (QED) is 0.455. The van der Waals surface area contributed by atoms with E-state index in [1.54, 1.807) is 5.01 Å². The zero-order valence-electron chi connectivity index (χ0n) is 9.16. The minimum atomic E-state index is 0.963. The van der Waals surface area contributed by atoms with Crippen LogP contribution in [0.15, 0.2) is 18.2 Å². The van der Waals surface area contributed by atoms with Crippen LogP contribution in [-0.4, -0.2) is 5.49 Å². The summed E-state index contributed by atoms with van der Waals surface area (Å²) in [6.45, 7) is 4.24. The first-order chi connectivity index (χ1) is 7.28. The molecule has 4 heteroatoms. The molecule has 0 fully saturated rings. The number of nitrogens with two attached hydrogens (primary N) is 1. The number of anilines is 1. The van der Waals surface area contributed by atoms with Crippen LogP contribution in [0.1, 0.15) is 25.0 Å². The number of rotatable bonds is 5. The van der Waals surface area contributed by atoms with Gasteiger partial charge in [-0.25, -0.2) is 0 Å². The Kier molecular flexibility index (Phi) is 4.68. The van der Waals surface area contributed by atoms with E-state index in [1.165, 1.54) is 16.6 Å². The van der Waals surface area contributed by atoms with Gasteiger partial charge in [0.2, 0.25) is 0 Å². The van der Waals surface area contributed by atoms with Gasteiger partial charge in [-0.1, -0.05) is 44.3 Å². The maximum Gasteiger partial charge on any atom is 0.0859 e. The Morgan fingerprint density at radius 1 is 1.33 bits per heavy atom. The van der Waals surface area contributed by atoms with Gasteiger partial charge < -0.3 is 0 Å². The molecule has 0 unspecified atom stereocenters. The van der Waals surface area contributed by atoms with E-state index in [2.05, 4.69) is 37.6 Å². The molecular formula is C11H17N3S. The molecule has 0 saturated heterocycles. The van der Waals surface area contributed by atoms with Crippen LogP contribution in [0.25, 0.3) is 0 Å². The standard InChI is InChI=1S/C11H17N3S/c1-3-9-6-5-7-10(4-2)11(9)14(8-15)13-12/h5-8,13H,3-4,12H2,1-2H3. The largest absolute Gasteiger partial charge is 0.260 e. The molecule has 0 aliphatic heterocycles. The van der Waals surface area contributed by atoms with Crippen LogP contribution in [0.3, 0.4) is 0 Å². The molecule has 0 aromatic heterocycles. The van der Waals surface area contributed by atoms with Crippen LogP contribution >= 0.6 is 12.2 Å². The molecule has 0 spiro atoms. The average Bonchev–Trinajstić information content (AvgIpc) is 2.30. The number of nitrogens with one attached hydrogen (secondary N) is 1. The summed E-state index contributed by atoms with van der Waals surface area (Å²) in [6, 6.07) is 6.26. The van der Waals surface area contributed by atoms with E-state index in [0.717, 1.165) is 18.5 Å². The van der Waals surface area contributed by atoms with Crippen molar-refractivity contribution in [3.05, 3.63) is 29.3 Å². The Balaban J connectivity index is 3.26. The lowest BCUT2D eigenvalue weighted by Crippen LogP contribution is -2.42. The van der Waals surface area contributed by atoms with Crippen LogP contribution < -0.4 is 16.4 Å². The number of para-hydroxylation sites is 1. The van der Waals surface area contributed by atoms with Crippen molar-refractivity contribution in [1.29, 1.82) is 0 Å². The van der Waals surface area contributed by atoms with Gasteiger partial charge in [0, 0.05) is 0 Å². The average molecular weight is 223 g/mol. The van der Waals surface area contributed by atoms with E-state index in [-0.39, 0.29) is 0 Å². The third kappa shape index (κ3) is 2.53. The van der Waals surface area contributed by atoms with Crippen molar-refractivity contribution in [2.45, 2.75) is 26.7 Å². The first-order valence-corrected chi connectivity index (χ1v) is 5.57. The second-order valence-corrected chi connectivity index (χ2v) is 3.45. The second kappa shape index (κ2) is 5.80. The number of hydrogen-bond acceptors (Lipinski definition) is 3. The third-order valence-corrected chi connectivity index (χ3v) is 2.66. The Labute approximate surface area is 96.2 Å². The van der Waals surface area contributed by atoms with E-state index < -0.39 is 0 Å². The zero-order chi connectivity index (χ0) is 11.3. The van der Waals surface area contributed by atoms with E-state index in [0.29, 0.717) is 0 Å². The molecule has 1 aromatic rings. The van der Waals surface area contributed by atoms with Crippen molar-refractivity contribution < 1.29 is 0 Å². The lowest BCUT2D eigenvalue weighted by molar-refractivity contribution is 0.779. The van der Waals surface area contributed by atoms with Crippen LogP contribution in [0.4, 0.5) is 5.69 Å². The molecule has 1 aromatic carbocycles. The van der Waals surface area contributed by atoms with Gasteiger partial charge in [-0.2, -0.15) is 5.53 Å². The highest BCUT2D eigenvalue weighted by Crippen LogP contribution is 2.24. The molecule has 0 aliphatic carbocycles. The van der Waals surface area contributed by atoms with Gasteiger partial charge in [0.1, 0.15) is 0 Å². The van der Waals surface area contributed by atoms with Gasteiger partial charge in [0.25, 0.3) is 0 Å². The summed E-state index contributed by atoms with van der Waals surface area (Å²) >= 11 is 4.93. The minimum absolute atomic E-state index is 0.963. The summed E-state index contributed by atoms with van der Waals surface area (Å²) in [4.78, 5) is 0. The number of hydrazine groups is 2. The van der Waals surface area contributed by atoms with Crippen molar-refractivity contribution in [2.24, 2.45) is 5.84 Å². The molecule has 82 valence electrons. The molecule has 0 radical (unpaired) electrons. The van der Waals surface area contributed by atoms with Gasteiger partial charge in [0.05, 0.1) is 11.2 Å². The van der Waals surface area contributed by atoms with E-state index in [9.17, 15) is 0 Å². The fraction of sp³-hybridized carbons (Fsp3) is 0.364. The number of hydrogen-bond donors (Lipinski definition) is 2. The highest BCUT2D eigenvalue weighted by Gasteiger charge is 2.10. The predicted octanol–water partition coefficient (Wildman–Crippen LogP) is 1.95. The maximum absolute atomic E-state index is 5.44. The van der Waals surface area contributed by atoms with E-state index in [4.69, 9.17) is 18.1 Å². The lowest BCUT2D eigenvalue weighted by Gasteiger charge is -2.23. The first-order valence-electron chi connectivity index (χ1n) is 5.10. The molecule has 0 saturated carbocycles. The van der Waals surface area contributed by atoms with Crippen molar-refractivity contribution in [2.75, 3.05) is 5.01 Å². The first kappa shape index (κ1) is 12.1. The van der Waals surface area contributed by atoms with Gasteiger partial charge in [-0.3, -0.25) is 10.9 Å². The number of benzene rings is 1. The Morgan fingerprint density at radius 2 is 1.87 bits per heavy atom. The Bertz CT molecular complexity index is 316. The third-order valence-electron chi connectivity index (χ3n) is 2.45. The Morgan fingerprint density at radius 3 is 2.20 bits per heavy atom. The van der Waals surface area contributed by atoms with Gasteiger partial charge >= 0.3 is 0 Å². The SMILES string of the molecule is CCc1cccc(CC)c1N(C=S)NN. The highest BCUT2D eigenvalue weighted by atomic mass is 32.1. The number of nitrogens with zero attached hydrogens (tertiary/aromatic N) is 1. The lowest BCUT2D eigenvalue weighted by atomic mass is 10.0. The van der Waals surface area contributed by atoms with Crippen molar-refractivity contribution in [3.8, 4) is 0 Å². The summed E-state index contributed by atoms with van der Waals surface area (Å²) in [5.74, 6) is 5.44. The number of thiocarbonyl (C=S) groups is 1. The fourth-order valence-electron chi connectivity index (χ4n) is 1.67. The van der Waals surface area contributed by atoms with Crippen LogP contribution in [0.2, 0.25) is 0 Å². The summed E-state index contributed by atoms with van der Waals surface area (Å²) in [5.41, 5.74) is 7.68. The molecule has 0 amide bonds. The molecule has 0 bridgehead atoms.